The molecule has 8 heteroatoms. The second-order valence-electron chi connectivity index (χ2n) is 6.43. The topological polar surface area (TPSA) is 48.9 Å². The van der Waals surface area contributed by atoms with Crippen LogP contribution in [0.5, 0.6) is 0 Å². The lowest BCUT2D eigenvalue weighted by Gasteiger charge is -2.26. The minimum absolute atomic E-state index is 0. The molecule has 0 atom stereocenters. The van der Waals surface area contributed by atoms with Crippen LogP contribution in [0.15, 0.2) is 27.7 Å². The number of hydrogen-bond donors (Lipinski definition) is 2. The van der Waals surface area contributed by atoms with E-state index in [4.69, 9.17) is 4.74 Å². The maximum Gasteiger partial charge on any atom is 0.190 e. The zero-order valence-electron chi connectivity index (χ0n) is 16.0. The summed E-state index contributed by atoms with van der Waals surface area (Å²) in [4.78, 5) is 6.69. The van der Waals surface area contributed by atoms with Crippen LogP contribution in [0, 0.1) is 5.82 Å². The molecule has 1 heterocycles. The highest BCUT2D eigenvalue weighted by atomic mass is 127. The van der Waals surface area contributed by atoms with E-state index in [1.165, 1.54) is 12.5 Å². The Morgan fingerprint density at radius 2 is 1.89 bits per heavy atom. The SMILES string of the molecule is CN=C(NCCCCN1CCOCC1)NCCCc1ccc(Br)cc1F.I. The van der Waals surface area contributed by atoms with Gasteiger partial charge in [0.25, 0.3) is 0 Å². The largest absolute Gasteiger partial charge is 0.379 e. The Morgan fingerprint density at radius 3 is 2.56 bits per heavy atom. The molecule has 0 radical (unpaired) electrons. The molecule has 2 rings (SSSR count). The van der Waals surface area contributed by atoms with Gasteiger partial charge in [-0.2, -0.15) is 0 Å². The van der Waals surface area contributed by atoms with Gasteiger partial charge in [0.2, 0.25) is 0 Å². The van der Waals surface area contributed by atoms with Gasteiger partial charge in [0.15, 0.2) is 5.96 Å². The van der Waals surface area contributed by atoms with Gasteiger partial charge in [0.05, 0.1) is 13.2 Å². The van der Waals surface area contributed by atoms with Crippen molar-refractivity contribution < 1.29 is 9.13 Å². The van der Waals surface area contributed by atoms with Gasteiger partial charge in [-0.1, -0.05) is 22.0 Å². The van der Waals surface area contributed by atoms with Gasteiger partial charge in [-0.05, 0) is 49.9 Å². The van der Waals surface area contributed by atoms with Gasteiger partial charge in [-0.3, -0.25) is 9.89 Å². The number of rotatable bonds is 9. The van der Waals surface area contributed by atoms with Gasteiger partial charge >= 0.3 is 0 Å². The van der Waals surface area contributed by atoms with Crippen molar-refractivity contribution in [3.05, 3.63) is 34.1 Å². The molecule has 1 aromatic carbocycles. The van der Waals surface area contributed by atoms with Gasteiger partial charge in [-0.15, -0.1) is 24.0 Å². The first-order valence-electron chi connectivity index (χ1n) is 9.37. The molecular weight excluding hydrogens is 526 g/mol. The summed E-state index contributed by atoms with van der Waals surface area (Å²) in [5.74, 6) is 0.662. The summed E-state index contributed by atoms with van der Waals surface area (Å²) < 4.78 is 19.9. The number of hydrogen-bond acceptors (Lipinski definition) is 3. The summed E-state index contributed by atoms with van der Waals surface area (Å²) in [5, 5.41) is 6.63. The normalized spacial score (nSPS) is 15.3. The molecule has 1 aliphatic rings. The number of ether oxygens (including phenoxy) is 1. The predicted octanol–water partition coefficient (Wildman–Crippen LogP) is 3.42. The highest BCUT2D eigenvalue weighted by Gasteiger charge is 2.09. The van der Waals surface area contributed by atoms with Crippen molar-refractivity contribution in [1.82, 2.24) is 15.5 Å². The Labute approximate surface area is 187 Å². The number of unbranched alkanes of at least 4 members (excludes halogenated alkanes) is 1. The maximum absolute atomic E-state index is 13.8. The Kier molecular flexibility index (Phi) is 13.2. The molecule has 0 aromatic heterocycles. The highest BCUT2D eigenvalue weighted by molar-refractivity contribution is 14.0. The van der Waals surface area contributed by atoms with E-state index in [2.05, 4.69) is 36.5 Å². The van der Waals surface area contributed by atoms with Gasteiger partial charge in [0.1, 0.15) is 5.82 Å². The fraction of sp³-hybridized carbons (Fsp3) is 0.632. The summed E-state index contributed by atoms with van der Waals surface area (Å²) in [5.41, 5.74) is 0.751. The van der Waals surface area contributed by atoms with Crippen LogP contribution in [0.2, 0.25) is 0 Å². The number of nitrogens with one attached hydrogen (secondary N) is 2. The van der Waals surface area contributed by atoms with Crippen molar-refractivity contribution in [2.75, 3.05) is 53.0 Å². The number of benzene rings is 1. The third-order valence-electron chi connectivity index (χ3n) is 4.45. The van der Waals surface area contributed by atoms with E-state index in [9.17, 15) is 4.39 Å². The Bertz CT molecular complexity index is 571. The second-order valence-corrected chi connectivity index (χ2v) is 7.34. The summed E-state index contributed by atoms with van der Waals surface area (Å²) in [7, 11) is 1.78. The molecular formula is C19H31BrFIN4O. The summed E-state index contributed by atoms with van der Waals surface area (Å²) in [6.07, 6.45) is 3.86. The summed E-state index contributed by atoms with van der Waals surface area (Å²) >= 11 is 3.28. The average Bonchev–Trinajstić information content (AvgIpc) is 2.65. The standard InChI is InChI=1S/C19H30BrFN4O.HI/c1-22-19(23-8-2-3-10-25-11-13-26-14-12-25)24-9-4-5-16-6-7-17(20)15-18(16)21;/h6-7,15H,2-5,8-14H2,1H3,(H2,22,23,24);1H. The lowest BCUT2D eigenvalue weighted by Crippen LogP contribution is -2.39. The fourth-order valence-electron chi connectivity index (χ4n) is 2.92. The molecule has 1 fully saturated rings. The van der Waals surface area contributed by atoms with Crippen molar-refractivity contribution >= 4 is 45.9 Å². The minimum atomic E-state index is -0.151. The first-order valence-corrected chi connectivity index (χ1v) is 10.2. The number of aryl methyl sites for hydroxylation is 1. The van der Waals surface area contributed by atoms with Crippen LogP contribution in [0.4, 0.5) is 4.39 Å². The Balaban J connectivity index is 0.00000364. The van der Waals surface area contributed by atoms with Crippen LogP contribution in [0.3, 0.4) is 0 Å². The second kappa shape index (κ2) is 14.5. The molecule has 0 aliphatic carbocycles. The monoisotopic (exact) mass is 556 g/mol. The third-order valence-corrected chi connectivity index (χ3v) is 4.94. The molecule has 0 spiro atoms. The molecule has 0 unspecified atom stereocenters. The predicted molar refractivity (Wildman–Crippen MR) is 124 cm³/mol. The van der Waals surface area contributed by atoms with E-state index in [1.807, 2.05) is 12.1 Å². The first-order chi connectivity index (χ1) is 12.7. The molecule has 0 bridgehead atoms. The molecule has 2 N–H and O–H groups in total. The average molecular weight is 557 g/mol. The lowest BCUT2D eigenvalue weighted by molar-refractivity contribution is 0.0372. The van der Waals surface area contributed by atoms with E-state index >= 15 is 0 Å². The van der Waals surface area contributed by atoms with Gasteiger partial charge < -0.3 is 15.4 Å². The molecule has 1 saturated heterocycles. The number of nitrogens with zero attached hydrogens (tertiary/aromatic N) is 2. The van der Waals surface area contributed by atoms with Crippen LogP contribution in [0.1, 0.15) is 24.8 Å². The van der Waals surface area contributed by atoms with Crippen LogP contribution in [-0.2, 0) is 11.2 Å². The van der Waals surface area contributed by atoms with Crippen molar-refractivity contribution in [2.45, 2.75) is 25.7 Å². The van der Waals surface area contributed by atoms with Crippen LogP contribution >= 0.6 is 39.9 Å². The molecule has 1 aliphatic heterocycles. The van der Waals surface area contributed by atoms with Crippen LogP contribution in [-0.4, -0.2) is 63.8 Å². The van der Waals surface area contributed by atoms with E-state index in [-0.39, 0.29) is 29.8 Å². The summed E-state index contributed by atoms with van der Waals surface area (Å²) in [6.45, 7) is 6.63. The van der Waals surface area contributed by atoms with Crippen LogP contribution < -0.4 is 10.6 Å². The van der Waals surface area contributed by atoms with Crippen molar-refractivity contribution in [3.8, 4) is 0 Å². The number of guanidine groups is 1. The molecule has 154 valence electrons. The van der Waals surface area contributed by atoms with Gasteiger partial charge in [-0.25, -0.2) is 4.39 Å². The number of morpholine rings is 1. The zero-order chi connectivity index (χ0) is 18.6. The van der Waals surface area contributed by atoms with Crippen molar-refractivity contribution in [2.24, 2.45) is 4.99 Å². The van der Waals surface area contributed by atoms with Crippen LogP contribution in [0.25, 0.3) is 0 Å². The third kappa shape index (κ3) is 10.0. The lowest BCUT2D eigenvalue weighted by atomic mass is 10.1. The van der Waals surface area contributed by atoms with E-state index in [0.29, 0.717) is 6.42 Å². The van der Waals surface area contributed by atoms with E-state index in [1.54, 1.807) is 7.05 Å². The number of halogens is 3. The Hall–Kier alpha value is -0.450. The van der Waals surface area contributed by atoms with E-state index < -0.39 is 0 Å². The van der Waals surface area contributed by atoms with Gasteiger partial charge in [0, 0.05) is 37.7 Å². The minimum Gasteiger partial charge on any atom is -0.379 e. The summed E-state index contributed by atoms with van der Waals surface area (Å²) in [6, 6.07) is 5.23. The quantitative estimate of drug-likeness (QED) is 0.212. The maximum atomic E-state index is 13.8. The molecule has 0 saturated carbocycles. The zero-order valence-corrected chi connectivity index (χ0v) is 19.9. The van der Waals surface area contributed by atoms with Crippen molar-refractivity contribution in [1.29, 1.82) is 0 Å². The highest BCUT2D eigenvalue weighted by Crippen LogP contribution is 2.16. The van der Waals surface area contributed by atoms with E-state index in [0.717, 1.165) is 74.8 Å². The fourth-order valence-corrected chi connectivity index (χ4v) is 3.26. The Morgan fingerprint density at radius 1 is 1.19 bits per heavy atom. The molecule has 0 amide bonds. The number of aliphatic imine (C=N–C) groups is 1. The smallest absolute Gasteiger partial charge is 0.190 e. The first kappa shape index (κ1) is 24.6. The molecule has 1 aromatic rings. The van der Waals surface area contributed by atoms with Crippen molar-refractivity contribution in [3.63, 3.8) is 0 Å². The molecule has 27 heavy (non-hydrogen) atoms. The molecule has 5 nitrogen and oxygen atoms in total.